The van der Waals surface area contributed by atoms with Gasteiger partial charge in [0, 0.05) is 13.3 Å². The average molecular weight is 242 g/mol. The van der Waals surface area contributed by atoms with E-state index in [4.69, 9.17) is 10.5 Å². The van der Waals surface area contributed by atoms with Crippen molar-refractivity contribution in [2.75, 3.05) is 25.3 Å². The van der Waals surface area contributed by atoms with Crippen LogP contribution in [-0.4, -0.2) is 35.5 Å². The monoisotopic (exact) mass is 242 g/mol. The van der Waals surface area contributed by atoms with Crippen LogP contribution in [0.2, 0.25) is 0 Å². The van der Waals surface area contributed by atoms with Gasteiger partial charge in [-0.3, -0.25) is 4.79 Å². The molecule has 0 fully saturated rings. The third-order valence-electron chi connectivity index (χ3n) is 1.69. The third kappa shape index (κ3) is 3.35. The lowest BCUT2D eigenvalue weighted by atomic mass is 10.3. The van der Waals surface area contributed by atoms with Gasteiger partial charge in [0.15, 0.2) is 5.16 Å². The van der Waals surface area contributed by atoms with Gasteiger partial charge in [0.2, 0.25) is 0 Å². The smallest absolute Gasteiger partial charge is 0.258 e. The maximum atomic E-state index is 11.5. The molecular formula is C9H14N4O2S. The van der Waals surface area contributed by atoms with E-state index in [9.17, 15) is 4.79 Å². The second-order valence-electron chi connectivity index (χ2n) is 2.82. The second-order valence-corrected chi connectivity index (χ2v) is 4.05. The molecule has 0 saturated carbocycles. The normalized spacial score (nSPS) is 10.1. The largest absolute Gasteiger partial charge is 0.383 e. The van der Waals surface area contributed by atoms with Gasteiger partial charge < -0.3 is 15.8 Å². The molecule has 0 radical (unpaired) electrons. The van der Waals surface area contributed by atoms with Crippen molar-refractivity contribution in [3.8, 4) is 0 Å². The van der Waals surface area contributed by atoms with Gasteiger partial charge in [-0.05, 0) is 5.75 Å². The van der Waals surface area contributed by atoms with E-state index in [2.05, 4.69) is 15.3 Å². The average Bonchev–Trinajstić information content (AvgIpc) is 2.26. The molecule has 7 heteroatoms. The van der Waals surface area contributed by atoms with Crippen LogP contribution in [0.15, 0.2) is 11.4 Å². The number of aromatic nitrogens is 2. The van der Waals surface area contributed by atoms with Gasteiger partial charge in [0.05, 0.1) is 5.56 Å². The summed E-state index contributed by atoms with van der Waals surface area (Å²) in [5, 5.41) is 3.09. The fourth-order valence-corrected chi connectivity index (χ4v) is 1.53. The number of rotatable bonds is 5. The highest BCUT2D eigenvalue weighted by Gasteiger charge is 2.11. The van der Waals surface area contributed by atoms with Crippen LogP contribution in [0.5, 0.6) is 0 Å². The molecule has 0 spiro atoms. The van der Waals surface area contributed by atoms with E-state index in [1.807, 2.05) is 6.92 Å². The molecule has 0 bridgehead atoms. The van der Waals surface area contributed by atoms with Gasteiger partial charge >= 0.3 is 0 Å². The van der Waals surface area contributed by atoms with Gasteiger partial charge in [-0.2, -0.15) is 0 Å². The molecule has 1 rings (SSSR count). The number of amides is 1. The van der Waals surface area contributed by atoms with Crippen molar-refractivity contribution >= 4 is 23.5 Å². The molecule has 1 aromatic heterocycles. The zero-order chi connectivity index (χ0) is 12.0. The highest BCUT2D eigenvalue weighted by molar-refractivity contribution is 7.99. The maximum Gasteiger partial charge on any atom is 0.258 e. The Hall–Kier alpha value is -1.34. The number of hydrogen-bond donors (Lipinski definition) is 2. The molecule has 0 aromatic carbocycles. The molecule has 0 atom stereocenters. The standard InChI is InChI=1S/C9H14N4O2S/c1-3-16-9-11-4-6(7(10)13-9)8(14)12-5-15-2/h4H,3,5H2,1-2H3,(H,12,14)(H2,10,11,13). The molecule has 0 aliphatic heterocycles. The quantitative estimate of drug-likeness (QED) is 0.444. The summed E-state index contributed by atoms with van der Waals surface area (Å²) in [4.78, 5) is 19.6. The number of nitrogens with zero attached hydrogens (tertiary/aromatic N) is 2. The summed E-state index contributed by atoms with van der Waals surface area (Å²) in [5.41, 5.74) is 5.92. The molecule has 1 heterocycles. The minimum atomic E-state index is -0.340. The van der Waals surface area contributed by atoms with Crippen molar-refractivity contribution in [2.45, 2.75) is 12.1 Å². The number of carbonyl (C=O) groups excluding carboxylic acids is 1. The van der Waals surface area contributed by atoms with E-state index >= 15 is 0 Å². The highest BCUT2D eigenvalue weighted by atomic mass is 32.2. The summed E-state index contributed by atoms with van der Waals surface area (Å²) >= 11 is 1.47. The number of nitrogens with two attached hydrogens (primary N) is 1. The van der Waals surface area contributed by atoms with Gasteiger partial charge in [-0.1, -0.05) is 18.7 Å². The molecule has 0 saturated heterocycles. The number of nitrogen functional groups attached to an aromatic ring is 1. The lowest BCUT2D eigenvalue weighted by molar-refractivity contribution is 0.0872. The highest BCUT2D eigenvalue weighted by Crippen LogP contribution is 2.15. The fraction of sp³-hybridized carbons (Fsp3) is 0.444. The Labute approximate surface area is 98.0 Å². The van der Waals surface area contributed by atoms with Gasteiger partial charge in [-0.15, -0.1) is 0 Å². The zero-order valence-electron chi connectivity index (χ0n) is 9.19. The van der Waals surface area contributed by atoms with Crippen molar-refractivity contribution in [1.29, 1.82) is 0 Å². The van der Waals surface area contributed by atoms with Crippen LogP contribution in [-0.2, 0) is 4.74 Å². The fourth-order valence-electron chi connectivity index (χ4n) is 0.985. The van der Waals surface area contributed by atoms with Crippen LogP contribution in [0.4, 0.5) is 5.82 Å². The Balaban J connectivity index is 2.77. The number of carbonyl (C=O) groups is 1. The van der Waals surface area contributed by atoms with E-state index in [-0.39, 0.29) is 24.0 Å². The Bertz CT molecular complexity index is 373. The maximum absolute atomic E-state index is 11.5. The number of ether oxygens (including phenoxy) is 1. The Morgan fingerprint density at radius 2 is 2.44 bits per heavy atom. The van der Waals surface area contributed by atoms with E-state index in [1.54, 1.807) is 0 Å². The van der Waals surface area contributed by atoms with Crippen LogP contribution < -0.4 is 11.1 Å². The molecule has 6 nitrogen and oxygen atoms in total. The molecule has 0 aliphatic carbocycles. The molecular weight excluding hydrogens is 228 g/mol. The first-order valence-electron chi connectivity index (χ1n) is 4.71. The van der Waals surface area contributed by atoms with E-state index in [1.165, 1.54) is 25.1 Å². The SMILES string of the molecule is CCSc1ncc(C(=O)NCOC)c(N)n1. The summed E-state index contributed by atoms with van der Waals surface area (Å²) in [6, 6.07) is 0. The summed E-state index contributed by atoms with van der Waals surface area (Å²) in [5.74, 6) is 0.696. The Morgan fingerprint density at radius 1 is 1.69 bits per heavy atom. The number of hydrogen-bond acceptors (Lipinski definition) is 6. The first-order valence-corrected chi connectivity index (χ1v) is 5.70. The first-order chi connectivity index (χ1) is 7.69. The lowest BCUT2D eigenvalue weighted by Gasteiger charge is -2.06. The number of anilines is 1. The zero-order valence-corrected chi connectivity index (χ0v) is 10.0. The van der Waals surface area contributed by atoms with E-state index in [0.29, 0.717) is 5.16 Å². The van der Waals surface area contributed by atoms with Crippen molar-refractivity contribution in [1.82, 2.24) is 15.3 Å². The first kappa shape index (κ1) is 12.7. The molecule has 3 N–H and O–H groups in total. The predicted molar refractivity (Wildman–Crippen MR) is 62.2 cm³/mol. The van der Waals surface area contributed by atoms with Crippen molar-refractivity contribution in [2.24, 2.45) is 0 Å². The summed E-state index contributed by atoms with van der Waals surface area (Å²) in [7, 11) is 1.49. The molecule has 0 unspecified atom stereocenters. The van der Waals surface area contributed by atoms with Crippen LogP contribution in [0.25, 0.3) is 0 Å². The minimum Gasteiger partial charge on any atom is -0.383 e. The topological polar surface area (TPSA) is 90.1 Å². The third-order valence-corrected chi connectivity index (χ3v) is 2.43. The van der Waals surface area contributed by atoms with Crippen LogP contribution in [0, 0.1) is 0 Å². The number of nitrogens with one attached hydrogen (secondary N) is 1. The van der Waals surface area contributed by atoms with Crippen molar-refractivity contribution in [3.05, 3.63) is 11.8 Å². The van der Waals surface area contributed by atoms with Crippen molar-refractivity contribution in [3.63, 3.8) is 0 Å². The van der Waals surface area contributed by atoms with E-state index in [0.717, 1.165) is 5.75 Å². The van der Waals surface area contributed by atoms with Crippen LogP contribution in [0.3, 0.4) is 0 Å². The van der Waals surface area contributed by atoms with Gasteiger partial charge in [-0.25, -0.2) is 9.97 Å². The molecule has 88 valence electrons. The predicted octanol–water partition coefficient (Wildman–Crippen LogP) is 0.504. The van der Waals surface area contributed by atoms with Crippen LogP contribution >= 0.6 is 11.8 Å². The Kier molecular flexibility index (Phi) is 5.00. The number of methoxy groups -OCH3 is 1. The number of thioether (sulfide) groups is 1. The minimum absolute atomic E-state index is 0.129. The second kappa shape index (κ2) is 6.29. The molecule has 1 aromatic rings. The van der Waals surface area contributed by atoms with E-state index < -0.39 is 0 Å². The molecule has 1 amide bonds. The molecule has 16 heavy (non-hydrogen) atoms. The lowest BCUT2D eigenvalue weighted by Crippen LogP contribution is -2.26. The summed E-state index contributed by atoms with van der Waals surface area (Å²) in [6.45, 7) is 2.12. The summed E-state index contributed by atoms with van der Waals surface area (Å²) in [6.07, 6.45) is 1.42. The van der Waals surface area contributed by atoms with Gasteiger partial charge in [0.25, 0.3) is 5.91 Å². The Morgan fingerprint density at radius 3 is 3.00 bits per heavy atom. The summed E-state index contributed by atoms with van der Waals surface area (Å²) < 4.78 is 4.72. The van der Waals surface area contributed by atoms with Gasteiger partial charge in [0.1, 0.15) is 12.5 Å². The molecule has 0 aliphatic rings. The van der Waals surface area contributed by atoms with Crippen molar-refractivity contribution < 1.29 is 9.53 Å². The van der Waals surface area contributed by atoms with Crippen LogP contribution in [0.1, 0.15) is 17.3 Å².